The van der Waals surface area contributed by atoms with Gasteiger partial charge in [0, 0.05) is 31.1 Å². The van der Waals surface area contributed by atoms with Gasteiger partial charge in [-0.05, 0) is 42.4 Å². The second kappa shape index (κ2) is 7.03. The van der Waals surface area contributed by atoms with Gasteiger partial charge in [-0.15, -0.1) is 0 Å². The van der Waals surface area contributed by atoms with Crippen molar-refractivity contribution in [1.29, 1.82) is 0 Å². The summed E-state index contributed by atoms with van der Waals surface area (Å²) in [7, 11) is 0. The van der Waals surface area contributed by atoms with Crippen molar-refractivity contribution in [2.75, 3.05) is 18.4 Å². The van der Waals surface area contributed by atoms with Gasteiger partial charge in [0.15, 0.2) is 0 Å². The lowest BCUT2D eigenvalue weighted by Crippen LogP contribution is -2.33. The molecule has 0 spiro atoms. The number of hydrogen-bond donors (Lipinski definition) is 1. The minimum absolute atomic E-state index is 0.0741. The van der Waals surface area contributed by atoms with E-state index in [-0.39, 0.29) is 34.4 Å². The SMILES string of the molecule is O=C(c1cccc2c1NC(c1cccc([N+](=O)[O-])c1)C1CC=CC21)N1CCCC1. The lowest BCUT2D eigenvalue weighted by molar-refractivity contribution is -0.384. The van der Waals surface area contributed by atoms with Gasteiger partial charge in [-0.25, -0.2) is 0 Å². The Balaban J connectivity index is 1.57. The largest absolute Gasteiger partial charge is 0.377 e. The van der Waals surface area contributed by atoms with Crippen LogP contribution in [-0.2, 0) is 0 Å². The van der Waals surface area contributed by atoms with E-state index in [9.17, 15) is 14.9 Å². The van der Waals surface area contributed by atoms with E-state index >= 15 is 0 Å². The standard InChI is InChI=1S/C23H23N3O3/c27-23(25-12-1-2-13-25)20-11-5-10-19-17-8-4-9-18(17)21(24-22(19)20)15-6-3-7-16(14-15)26(28)29/h3-8,10-11,14,17-18,21,24H,1-2,9,12-13H2. The second-order valence-electron chi connectivity index (χ2n) is 8.10. The van der Waals surface area contributed by atoms with Gasteiger partial charge in [-0.2, -0.15) is 0 Å². The summed E-state index contributed by atoms with van der Waals surface area (Å²) < 4.78 is 0. The van der Waals surface area contributed by atoms with Gasteiger partial charge in [0.25, 0.3) is 11.6 Å². The molecule has 0 bridgehead atoms. The van der Waals surface area contributed by atoms with Gasteiger partial charge in [0.1, 0.15) is 0 Å². The van der Waals surface area contributed by atoms with Crippen LogP contribution in [0.1, 0.15) is 52.7 Å². The normalized spacial score (nSPS) is 24.7. The van der Waals surface area contributed by atoms with Gasteiger partial charge in [-0.1, -0.05) is 36.4 Å². The lowest BCUT2D eigenvalue weighted by atomic mass is 9.76. The summed E-state index contributed by atoms with van der Waals surface area (Å²) in [4.78, 5) is 26.0. The van der Waals surface area contributed by atoms with Crippen LogP contribution >= 0.6 is 0 Å². The molecule has 3 unspecified atom stereocenters. The van der Waals surface area contributed by atoms with Crippen LogP contribution in [0.4, 0.5) is 11.4 Å². The van der Waals surface area contributed by atoms with E-state index in [1.54, 1.807) is 12.1 Å². The summed E-state index contributed by atoms with van der Waals surface area (Å²) in [6, 6.07) is 12.8. The summed E-state index contributed by atoms with van der Waals surface area (Å²) in [6.45, 7) is 1.62. The number of fused-ring (bicyclic) bond motifs is 3. The number of nitro benzene ring substituents is 1. The first-order valence-corrected chi connectivity index (χ1v) is 10.2. The minimum Gasteiger partial charge on any atom is -0.377 e. The van der Waals surface area contributed by atoms with Crippen molar-refractivity contribution in [1.82, 2.24) is 4.90 Å². The number of benzene rings is 2. The third-order valence-corrected chi connectivity index (χ3v) is 6.46. The molecule has 1 saturated heterocycles. The molecule has 0 saturated carbocycles. The van der Waals surface area contributed by atoms with E-state index in [0.717, 1.165) is 49.2 Å². The van der Waals surface area contributed by atoms with Crippen LogP contribution in [0.25, 0.3) is 0 Å². The zero-order valence-electron chi connectivity index (χ0n) is 16.1. The summed E-state index contributed by atoms with van der Waals surface area (Å²) in [5, 5.41) is 14.9. The number of nitro groups is 1. The maximum atomic E-state index is 13.2. The first-order chi connectivity index (χ1) is 14.1. The molecule has 1 N–H and O–H groups in total. The first-order valence-electron chi connectivity index (χ1n) is 10.2. The molecule has 6 nitrogen and oxygen atoms in total. The number of carbonyl (C=O) groups excluding carboxylic acids is 1. The first kappa shape index (κ1) is 17.9. The maximum Gasteiger partial charge on any atom is 0.269 e. The zero-order chi connectivity index (χ0) is 20.0. The van der Waals surface area contributed by atoms with Crippen molar-refractivity contribution in [3.63, 3.8) is 0 Å². The van der Waals surface area contributed by atoms with E-state index in [1.807, 2.05) is 23.1 Å². The summed E-state index contributed by atoms with van der Waals surface area (Å²) in [6.07, 6.45) is 7.43. The number of allylic oxidation sites excluding steroid dienone is 2. The van der Waals surface area contributed by atoms with E-state index < -0.39 is 0 Å². The monoisotopic (exact) mass is 389 g/mol. The molecule has 0 radical (unpaired) electrons. The number of rotatable bonds is 3. The molecule has 29 heavy (non-hydrogen) atoms. The number of carbonyl (C=O) groups is 1. The molecule has 1 amide bonds. The molecule has 3 aliphatic rings. The highest BCUT2D eigenvalue weighted by Crippen LogP contribution is 2.51. The van der Waals surface area contributed by atoms with E-state index in [2.05, 4.69) is 23.5 Å². The molecule has 2 aromatic carbocycles. The fourth-order valence-corrected chi connectivity index (χ4v) is 5.05. The quantitative estimate of drug-likeness (QED) is 0.471. The number of nitrogens with zero attached hydrogens (tertiary/aromatic N) is 2. The highest BCUT2D eigenvalue weighted by molar-refractivity contribution is 6.01. The van der Waals surface area contributed by atoms with Gasteiger partial charge < -0.3 is 10.2 Å². The molecule has 3 atom stereocenters. The highest BCUT2D eigenvalue weighted by atomic mass is 16.6. The average molecular weight is 389 g/mol. The van der Waals surface area contributed by atoms with Gasteiger partial charge in [-0.3, -0.25) is 14.9 Å². The van der Waals surface area contributed by atoms with Crippen LogP contribution in [0.3, 0.4) is 0 Å². The number of nitrogens with one attached hydrogen (secondary N) is 1. The molecule has 5 rings (SSSR count). The summed E-state index contributed by atoms with van der Waals surface area (Å²) >= 11 is 0. The van der Waals surface area contributed by atoms with Crippen molar-refractivity contribution >= 4 is 17.3 Å². The Morgan fingerprint density at radius 3 is 2.72 bits per heavy atom. The molecule has 2 heterocycles. The fourth-order valence-electron chi connectivity index (χ4n) is 5.05. The number of anilines is 1. The smallest absolute Gasteiger partial charge is 0.269 e. The molecule has 148 valence electrons. The van der Waals surface area contributed by atoms with Crippen LogP contribution in [-0.4, -0.2) is 28.8 Å². The van der Waals surface area contributed by atoms with Crippen molar-refractivity contribution in [3.05, 3.63) is 81.4 Å². The van der Waals surface area contributed by atoms with Crippen LogP contribution in [0.2, 0.25) is 0 Å². The molecular formula is C23H23N3O3. The Hall–Kier alpha value is -3.15. The van der Waals surface area contributed by atoms with Crippen molar-refractivity contribution < 1.29 is 9.72 Å². The fraction of sp³-hybridized carbons (Fsp3) is 0.348. The molecule has 2 aromatic rings. The van der Waals surface area contributed by atoms with Crippen molar-refractivity contribution in [2.24, 2.45) is 5.92 Å². The van der Waals surface area contributed by atoms with E-state index in [1.165, 1.54) is 6.07 Å². The highest BCUT2D eigenvalue weighted by Gasteiger charge is 2.40. The topological polar surface area (TPSA) is 75.5 Å². The Morgan fingerprint density at radius 1 is 1.14 bits per heavy atom. The molecule has 1 aliphatic carbocycles. The molecule has 1 fully saturated rings. The van der Waals surface area contributed by atoms with Crippen molar-refractivity contribution in [3.8, 4) is 0 Å². The maximum absolute atomic E-state index is 13.2. The van der Waals surface area contributed by atoms with Crippen LogP contribution in [0.15, 0.2) is 54.6 Å². The summed E-state index contributed by atoms with van der Waals surface area (Å²) in [5.41, 5.74) is 3.73. The number of likely N-dealkylation sites (tertiary alicyclic amines) is 1. The van der Waals surface area contributed by atoms with Gasteiger partial charge in [0.2, 0.25) is 0 Å². The molecule has 0 aromatic heterocycles. The number of non-ortho nitro benzene ring substituents is 1. The Bertz CT molecular complexity index is 1010. The van der Waals surface area contributed by atoms with Crippen LogP contribution in [0, 0.1) is 16.0 Å². The lowest BCUT2D eigenvalue weighted by Gasteiger charge is -2.38. The van der Waals surface area contributed by atoms with Crippen molar-refractivity contribution in [2.45, 2.75) is 31.2 Å². The minimum atomic E-state index is -0.354. The molecule has 6 heteroatoms. The predicted octanol–water partition coefficient (Wildman–Crippen LogP) is 4.66. The Morgan fingerprint density at radius 2 is 1.93 bits per heavy atom. The second-order valence-corrected chi connectivity index (χ2v) is 8.10. The third kappa shape index (κ3) is 2.99. The molecular weight excluding hydrogens is 366 g/mol. The molecule has 2 aliphatic heterocycles. The van der Waals surface area contributed by atoms with Gasteiger partial charge in [0.05, 0.1) is 22.2 Å². The van der Waals surface area contributed by atoms with E-state index in [0.29, 0.717) is 5.56 Å². The van der Waals surface area contributed by atoms with Crippen LogP contribution in [0.5, 0.6) is 0 Å². The number of amides is 1. The summed E-state index contributed by atoms with van der Waals surface area (Å²) in [5.74, 6) is 0.563. The Kier molecular flexibility index (Phi) is 4.34. The third-order valence-electron chi connectivity index (χ3n) is 6.46. The predicted molar refractivity (Wildman–Crippen MR) is 111 cm³/mol. The zero-order valence-corrected chi connectivity index (χ0v) is 16.1. The van der Waals surface area contributed by atoms with Crippen LogP contribution < -0.4 is 5.32 Å². The average Bonchev–Trinajstić information content (AvgIpc) is 3.44. The number of para-hydroxylation sites is 1. The number of hydrogen-bond acceptors (Lipinski definition) is 4. The Labute approximate surface area is 169 Å². The van der Waals surface area contributed by atoms with E-state index in [4.69, 9.17) is 0 Å². The van der Waals surface area contributed by atoms with Gasteiger partial charge >= 0.3 is 0 Å².